The summed E-state index contributed by atoms with van der Waals surface area (Å²) in [5.41, 5.74) is -0.623. The van der Waals surface area contributed by atoms with E-state index in [1.54, 1.807) is 12.1 Å². The Hall–Kier alpha value is -1.72. The van der Waals surface area contributed by atoms with Crippen LogP contribution in [0.5, 0.6) is 0 Å². The van der Waals surface area contributed by atoms with Gasteiger partial charge in [0.15, 0.2) is 0 Å². The average molecular weight is 228 g/mol. The highest BCUT2D eigenvalue weighted by Gasteiger charge is 2.18. The lowest BCUT2D eigenvalue weighted by molar-refractivity contribution is 0.146. The number of halogens is 3. The highest BCUT2D eigenvalue weighted by atomic mass is 35.5. The van der Waals surface area contributed by atoms with Crippen LogP contribution in [0.4, 0.5) is 8.78 Å². The summed E-state index contributed by atoms with van der Waals surface area (Å²) < 4.78 is 24.9. The fourth-order valence-electron chi connectivity index (χ4n) is 1.02. The SMILES string of the molecule is N#CCc1cc(C#N)nc(C(F)F)c1Cl. The topological polar surface area (TPSA) is 60.5 Å². The van der Waals surface area contributed by atoms with Gasteiger partial charge >= 0.3 is 0 Å². The van der Waals surface area contributed by atoms with Gasteiger partial charge in [0.05, 0.1) is 17.5 Å². The minimum Gasteiger partial charge on any atom is -0.235 e. The van der Waals surface area contributed by atoms with Gasteiger partial charge in [0, 0.05) is 0 Å². The molecule has 0 saturated heterocycles. The molecule has 15 heavy (non-hydrogen) atoms. The van der Waals surface area contributed by atoms with Gasteiger partial charge in [0.1, 0.15) is 17.5 Å². The van der Waals surface area contributed by atoms with E-state index < -0.39 is 12.1 Å². The summed E-state index contributed by atoms with van der Waals surface area (Å²) in [5.74, 6) is 0. The van der Waals surface area contributed by atoms with E-state index >= 15 is 0 Å². The molecule has 0 bridgehead atoms. The number of hydrogen-bond acceptors (Lipinski definition) is 3. The molecule has 0 amide bonds. The van der Waals surface area contributed by atoms with Crippen LogP contribution >= 0.6 is 11.6 Å². The van der Waals surface area contributed by atoms with Gasteiger partial charge in [-0.05, 0) is 11.6 Å². The number of nitrogens with zero attached hydrogens (tertiary/aromatic N) is 3. The molecule has 0 N–H and O–H groups in total. The highest BCUT2D eigenvalue weighted by molar-refractivity contribution is 6.32. The molecule has 0 fully saturated rings. The molecule has 76 valence electrons. The average Bonchev–Trinajstić information content (AvgIpc) is 2.21. The first kappa shape index (κ1) is 11.4. The molecule has 0 aliphatic heterocycles. The van der Waals surface area contributed by atoms with Crippen molar-refractivity contribution in [2.75, 3.05) is 0 Å². The zero-order valence-electron chi connectivity index (χ0n) is 7.34. The molecular weight excluding hydrogens is 224 g/mol. The van der Waals surface area contributed by atoms with Crippen molar-refractivity contribution < 1.29 is 8.78 Å². The number of hydrogen-bond donors (Lipinski definition) is 0. The van der Waals surface area contributed by atoms with Gasteiger partial charge < -0.3 is 0 Å². The van der Waals surface area contributed by atoms with Crippen LogP contribution in [0.25, 0.3) is 0 Å². The van der Waals surface area contributed by atoms with Gasteiger partial charge in [-0.3, -0.25) is 0 Å². The second-order valence-corrected chi connectivity index (χ2v) is 2.99. The molecule has 0 spiro atoms. The Morgan fingerprint density at radius 1 is 1.47 bits per heavy atom. The molecule has 0 radical (unpaired) electrons. The third-order valence-corrected chi connectivity index (χ3v) is 2.09. The van der Waals surface area contributed by atoms with Crippen molar-refractivity contribution >= 4 is 11.6 Å². The van der Waals surface area contributed by atoms with Crippen LogP contribution in [0.1, 0.15) is 23.4 Å². The molecular formula is C9H4ClF2N3. The van der Waals surface area contributed by atoms with Crippen molar-refractivity contribution in [2.45, 2.75) is 12.8 Å². The Morgan fingerprint density at radius 3 is 2.60 bits per heavy atom. The Balaban J connectivity index is 3.36. The third-order valence-electron chi connectivity index (χ3n) is 1.65. The van der Waals surface area contributed by atoms with Crippen LogP contribution in [-0.2, 0) is 6.42 Å². The summed E-state index contributed by atoms with van der Waals surface area (Å²) in [4.78, 5) is 3.38. The Labute approximate surface area is 89.5 Å². The summed E-state index contributed by atoms with van der Waals surface area (Å²) in [7, 11) is 0. The third kappa shape index (κ3) is 2.39. The maximum atomic E-state index is 12.4. The maximum Gasteiger partial charge on any atom is 0.281 e. The molecule has 3 nitrogen and oxygen atoms in total. The minimum absolute atomic E-state index is 0.129. The quantitative estimate of drug-likeness (QED) is 0.780. The van der Waals surface area contributed by atoms with Crippen molar-refractivity contribution in [3.05, 3.63) is 28.0 Å². The summed E-state index contributed by atoms with van der Waals surface area (Å²) in [6.07, 6.45) is -2.99. The van der Waals surface area contributed by atoms with Crippen molar-refractivity contribution in [1.29, 1.82) is 10.5 Å². The van der Waals surface area contributed by atoms with E-state index in [1.807, 2.05) is 0 Å². The summed E-state index contributed by atoms with van der Waals surface area (Å²) in [5, 5.41) is 16.7. The molecule has 1 heterocycles. The van der Waals surface area contributed by atoms with E-state index in [0.717, 1.165) is 0 Å². The number of pyridine rings is 1. The predicted octanol–water partition coefficient (Wildman–Crippen LogP) is 2.61. The molecule has 0 aliphatic carbocycles. The van der Waals surface area contributed by atoms with Crippen molar-refractivity contribution in [3.8, 4) is 12.1 Å². The van der Waals surface area contributed by atoms with E-state index in [9.17, 15) is 8.78 Å². The Kier molecular flexibility index (Phi) is 3.54. The predicted molar refractivity (Wildman–Crippen MR) is 48.2 cm³/mol. The number of alkyl halides is 2. The zero-order valence-corrected chi connectivity index (χ0v) is 8.09. The fourth-order valence-corrected chi connectivity index (χ4v) is 1.27. The van der Waals surface area contributed by atoms with Gasteiger partial charge in [-0.15, -0.1) is 0 Å². The van der Waals surface area contributed by atoms with Crippen LogP contribution in [0.2, 0.25) is 5.02 Å². The standard InChI is InChI=1S/C9H4ClF2N3/c10-7-5(1-2-13)3-6(4-14)15-8(7)9(11)12/h3,9H,1H2. The van der Waals surface area contributed by atoms with E-state index in [2.05, 4.69) is 4.98 Å². The summed E-state index contributed by atoms with van der Waals surface area (Å²) >= 11 is 5.61. The molecule has 1 rings (SSSR count). The Morgan fingerprint density at radius 2 is 2.13 bits per heavy atom. The lowest BCUT2D eigenvalue weighted by Gasteiger charge is -2.06. The van der Waals surface area contributed by atoms with Gasteiger partial charge in [-0.2, -0.15) is 10.5 Å². The van der Waals surface area contributed by atoms with Crippen molar-refractivity contribution in [1.82, 2.24) is 4.98 Å². The maximum absolute atomic E-state index is 12.4. The molecule has 1 aromatic heterocycles. The molecule has 1 aromatic rings. The second-order valence-electron chi connectivity index (χ2n) is 2.61. The zero-order chi connectivity index (χ0) is 11.4. The largest absolute Gasteiger partial charge is 0.281 e. The lowest BCUT2D eigenvalue weighted by atomic mass is 10.1. The van der Waals surface area contributed by atoms with E-state index in [4.69, 9.17) is 22.1 Å². The molecule has 6 heteroatoms. The van der Waals surface area contributed by atoms with Crippen LogP contribution in [0.3, 0.4) is 0 Å². The van der Waals surface area contributed by atoms with Gasteiger partial charge in [-0.1, -0.05) is 11.6 Å². The van der Waals surface area contributed by atoms with Crippen molar-refractivity contribution in [3.63, 3.8) is 0 Å². The van der Waals surface area contributed by atoms with Gasteiger partial charge in [-0.25, -0.2) is 13.8 Å². The first-order valence-corrected chi connectivity index (χ1v) is 4.22. The van der Waals surface area contributed by atoms with Crippen LogP contribution in [0, 0.1) is 22.7 Å². The first-order valence-electron chi connectivity index (χ1n) is 3.84. The number of aromatic nitrogens is 1. The van der Waals surface area contributed by atoms with Crippen LogP contribution in [0.15, 0.2) is 6.07 Å². The monoisotopic (exact) mass is 227 g/mol. The van der Waals surface area contributed by atoms with Gasteiger partial charge in [0.2, 0.25) is 0 Å². The smallest absolute Gasteiger partial charge is 0.235 e. The molecule has 0 aromatic carbocycles. The second kappa shape index (κ2) is 4.68. The number of nitriles is 2. The normalized spacial score (nSPS) is 9.73. The van der Waals surface area contributed by atoms with E-state index in [1.165, 1.54) is 6.07 Å². The van der Waals surface area contributed by atoms with Gasteiger partial charge in [0.25, 0.3) is 6.43 Å². The fraction of sp³-hybridized carbons (Fsp3) is 0.222. The molecule has 0 saturated carbocycles. The summed E-state index contributed by atoms with van der Waals surface area (Å²) in [6, 6.07) is 4.65. The van der Waals surface area contributed by atoms with E-state index in [-0.39, 0.29) is 22.7 Å². The molecule has 0 aliphatic rings. The molecule has 0 atom stereocenters. The minimum atomic E-state index is -2.86. The summed E-state index contributed by atoms with van der Waals surface area (Å²) in [6.45, 7) is 0. The number of rotatable bonds is 2. The first-order chi connectivity index (χ1) is 7.10. The van der Waals surface area contributed by atoms with Crippen molar-refractivity contribution in [2.24, 2.45) is 0 Å². The molecule has 0 unspecified atom stereocenters. The van der Waals surface area contributed by atoms with Crippen LogP contribution < -0.4 is 0 Å². The van der Waals surface area contributed by atoms with E-state index in [0.29, 0.717) is 0 Å². The lowest BCUT2D eigenvalue weighted by Crippen LogP contribution is -1.99. The Bertz CT molecular complexity index is 460. The van der Waals surface area contributed by atoms with Crippen LogP contribution in [-0.4, -0.2) is 4.98 Å². The highest BCUT2D eigenvalue weighted by Crippen LogP contribution is 2.28.